The maximum absolute atomic E-state index is 11.8. The molecule has 0 unspecified atom stereocenters. The predicted octanol–water partition coefficient (Wildman–Crippen LogP) is 4.15. The highest BCUT2D eigenvalue weighted by molar-refractivity contribution is 9.10. The van der Waals surface area contributed by atoms with E-state index in [0.717, 1.165) is 27.0 Å². The number of nitrogens with two attached hydrogens (primary N) is 1. The Bertz CT molecular complexity index is 694. The third kappa shape index (κ3) is 2.04. The monoisotopic (exact) mass is 314 g/mol. The molecule has 0 fully saturated rings. The molecular formula is C15H11BrN2O. The summed E-state index contributed by atoms with van der Waals surface area (Å²) >= 11 is 3.44. The summed E-state index contributed by atoms with van der Waals surface area (Å²) in [6.45, 7) is 0. The molecule has 0 aromatic heterocycles. The van der Waals surface area contributed by atoms with Crippen molar-refractivity contribution in [3.8, 4) is 0 Å². The van der Waals surface area contributed by atoms with Gasteiger partial charge in [0.1, 0.15) is 0 Å². The first-order valence-electron chi connectivity index (χ1n) is 5.83. The summed E-state index contributed by atoms with van der Waals surface area (Å²) in [5, 5.41) is 0. The molecular weight excluding hydrogens is 304 g/mol. The zero-order valence-corrected chi connectivity index (χ0v) is 11.6. The van der Waals surface area contributed by atoms with Gasteiger partial charge in [0.2, 0.25) is 0 Å². The molecule has 1 heterocycles. The maximum Gasteiger partial charge on any atom is 0.323 e. The zero-order chi connectivity index (χ0) is 13.4. The SMILES string of the molecule is NC(=O)N1c2ccccc2C=Cc2cc(Br)ccc21. The minimum atomic E-state index is -0.486. The summed E-state index contributed by atoms with van der Waals surface area (Å²) in [5.74, 6) is 0. The van der Waals surface area contributed by atoms with Gasteiger partial charge in [0, 0.05) is 4.47 Å². The fraction of sp³-hybridized carbons (Fsp3) is 0. The number of rotatable bonds is 0. The van der Waals surface area contributed by atoms with Crippen LogP contribution in [0.1, 0.15) is 11.1 Å². The van der Waals surface area contributed by atoms with Gasteiger partial charge >= 0.3 is 6.03 Å². The van der Waals surface area contributed by atoms with E-state index in [1.807, 2.05) is 54.6 Å². The molecule has 0 saturated heterocycles. The molecule has 4 heteroatoms. The minimum absolute atomic E-state index is 0.486. The van der Waals surface area contributed by atoms with E-state index < -0.39 is 6.03 Å². The van der Waals surface area contributed by atoms with E-state index in [9.17, 15) is 4.79 Å². The molecule has 3 rings (SSSR count). The van der Waals surface area contributed by atoms with Crippen molar-refractivity contribution in [1.29, 1.82) is 0 Å². The average Bonchev–Trinajstić information content (AvgIpc) is 2.55. The van der Waals surface area contributed by atoms with Gasteiger partial charge in [0.25, 0.3) is 0 Å². The van der Waals surface area contributed by atoms with E-state index in [0.29, 0.717) is 0 Å². The molecule has 94 valence electrons. The summed E-state index contributed by atoms with van der Waals surface area (Å²) in [6.07, 6.45) is 3.98. The summed E-state index contributed by atoms with van der Waals surface area (Å²) < 4.78 is 0.964. The molecule has 0 spiro atoms. The molecule has 2 amide bonds. The van der Waals surface area contributed by atoms with Crippen LogP contribution < -0.4 is 10.6 Å². The maximum atomic E-state index is 11.8. The van der Waals surface area contributed by atoms with Crippen LogP contribution in [-0.4, -0.2) is 6.03 Å². The zero-order valence-electron chi connectivity index (χ0n) is 10.0. The van der Waals surface area contributed by atoms with Crippen LogP contribution in [0.5, 0.6) is 0 Å². The van der Waals surface area contributed by atoms with Crippen molar-refractivity contribution in [3.05, 3.63) is 58.1 Å². The van der Waals surface area contributed by atoms with Gasteiger partial charge in [0.05, 0.1) is 11.4 Å². The lowest BCUT2D eigenvalue weighted by molar-refractivity contribution is 0.256. The Morgan fingerprint density at radius 1 is 1.00 bits per heavy atom. The van der Waals surface area contributed by atoms with Gasteiger partial charge in [-0.1, -0.05) is 46.3 Å². The number of benzene rings is 2. The van der Waals surface area contributed by atoms with Crippen molar-refractivity contribution >= 4 is 45.5 Å². The summed E-state index contributed by atoms with van der Waals surface area (Å²) in [5.41, 5.74) is 9.05. The van der Waals surface area contributed by atoms with Gasteiger partial charge in [-0.3, -0.25) is 4.90 Å². The van der Waals surface area contributed by atoms with Gasteiger partial charge in [-0.25, -0.2) is 4.79 Å². The third-order valence-electron chi connectivity index (χ3n) is 3.07. The molecule has 1 aliphatic heterocycles. The van der Waals surface area contributed by atoms with E-state index in [4.69, 9.17) is 5.73 Å². The number of fused-ring (bicyclic) bond motifs is 2. The van der Waals surface area contributed by atoms with Crippen LogP contribution in [0.15, 0.2) is 46.9 Å². The first-order valence-corrected chi connectivity index (χ1v) is 6.62. The number of urea groups is 1. The van der Waals surface area contributed by atoms with Crippen LogP contribution in [-0.2, 0) is 0 Å². The number of anilines is 2. The van der Waals surface area contributed by atoms with Gasteiger partial charge in [-0.05, 0) is 35.4 Å². The number of hydrogen-bond acceptors (Lipinski definition) is 1. The Morgan fingerprint density at radius 2 is 1.68 bits per heavy atom. The molecule has 2 aromatic carbocycles. The lowest BCUT2D eigenvalue weighted by Gasteiger charge is -2.22. The standard InChI is InChI=1S/C15H11BrN2O/c16-12-7-8-14-11(9-12)6-5-10-3-1-2-4-13(10)18(14)15(17)19/h1-9H,(H2,17,19). The second-order valence-corrected chi connectivity index (χ2v) is 5.18. The van der Waals surface area contributed by atoms with E-state index in [1.165, 1.54) is 4.90 Å². The van der Waals surface area contributed by atoms with Gasteiger partial charge in [-0.15, -0.1) is 0 Å². The fourth-order valence-electron chi connectivity index (χ4n) is 2.24. The summed E-state index contributed by atoms with van der Waals surface area (Å²) in [4.78, 5) is 13.4. The van der Waals surface area contributed by atoms with Crippen LogP contribution in [0, 0.1) is 0 Å². The van der Waals surface area contributed by atoms with Gasteiger partial charge in [0.15, 0.2) is 0 Å². The third-order valence-corrected chi connectivity index (χ3v) is 3.56. The van der Waals surface area contributed by atoms with E-state index in [1.54, 1.807) is 0 Å². The minimum Gasteiger partial charge on any atom is -0.351 e. The average molecular weight is 315 g/mol. The highest BCUT2D eigenvalue weighted by Gasteiger charge is 2.21. The molecule has 0 atom stereocenters. The highest BCUT2D eigenvalue weighted by Crippen LogP contribution is 2.37. The fourth-order valence-corrected chi connectivity index (χ4v) is 2.62. The first kappa shape index (κ1) is 12.0. The quantitative estimate of drug-likeness (QED) is 0.780. The van der Waals surface area contributed by atoms with E-state index in [2.05, 4.69) is 15.9 Å². The lowest BCUT2D eigenvalue weighted by atomic mass is 10.1. The van der Waals surface area contributed by atoms with Crippen molar-refractivity contribution in [3.63, 3.8) is 0 Å². The molecule has 0 aliphatic carbocycles. The number of carbonyl (C=O) groups excluding carboxylic acids is 1. The van der Waals surface area contributed by atoms with Crippen LogP contribution in [0.4, 0.5) is 16.2 Å². The molecule has 2 N–H and O–H groups in total. The van der Waals surface area contributed by atoms with Crippen LogP contribution >= 0.6 is 15.9 Å². The van der Waals surface area contributed by atoms with Crippen molar-refractivity contribution in [2.75, 3.05) is 4.90 Å². The van der Waals surface area contributed by atoms with Gasteiger partial charge < -0.3 is 5.73 Å². The van der Waals surface area contributed by atoms with Crippen LogP contribution in [0.3, 0.4) is 0 Å². The topological polar surface area (TPSA) is 46.3 Å². The van der Waals surface area contributed by atoms with Crippen molar-refractivity contribution in [2.45, 2.75) is 0 Å². The summed E-state index contributed by atoms with van der Waals surface area (Å²) in [7, 11) is 0. The van der Waals surface area contributed by atoms with E-state index in [-0.39, 0.29) is 0 Å². The molecule has 0 radical (unpaired) electrons. The second kappa shape index (κ2) is 4.55. The normalized spacial score (nSPS) is 12.6. The van der Waals surface area contributed by atoms with E-state index >= 15 is 0 Å². The summed E-state index contributed by atoms with van der Waals surface area (Å²) in [6, 6.07) is 12.9. The Kier molecular flexibility index (Phi) is 2.87. The lowest BCUT2D eigenvalue weighted by Crippen LogP contribution is -2.32. The predicted molar refractivity (Wildman–Crippen MR) is 81.2 cm³/mol. The number of hydrogen-bond donors (Lipinski definition) is 1. The number of halogens is 1. The Balaban J connectivity index is 2.30. The number of primary amides is 1. The number of amides is 2. The number of para-hydroxylation sites is 1. The van der Waals surface area contributed by atoms with Crippen molar-refractivity contribution in [1.82, 2.24) is 0 Å². The Morgan fingerprint density at radius 3 is 2.47 bits per heavy atom. The Hall–Kier alpha value is -2.07. The van der Waals surface area contributed by atoms with Gasteiger partial charge in [-0.2, -0.15) is 0 Å². The molecule has 0 bridgehead atoms. The molecule has 2 aromatic rings. The first-order chi connectivity index (χ1) is 9.16. The number of carbonyl (C=O) groups is 1. The Labute approximate surface area is 119 Å². The molecule has 19 heavy (non-hydrogen) atoms. The number of nitrogens with zero attached hydrogens (tertiary/aromatic N) is 1. The molecule has 0 saturated carbocycles. The van der Waals surface area contributed by atoms with Crippen LogP contribution in [0.2, 0.25) is 0 Å². The second-order valence-electron chi connectivity index (χ2n) is 4.27. The molecule has 3 nitrogen and oxygen atoms in total. The highest BCUT2D eigenvalue weighted by atomic mass is 79.9. The van der Waals surface area contributed by atoms with Crippen molar-refractivity contribution < 1.29 is 4.79 Å². The smallest absolute Gasteiger partial charge is 0.323 e. The van der Waals surface area contributed by atoms with Crippen molar-refractivity contribution in [2.24, 2.45) is 5.73 Å². The van der Waals surface area contributed by atoms with Crippen LogP contribution in [0.25, 0.3) is 12.2 Å². The largest absolute Gasteiger partial charge is 0.351 e. The molecule has 1 aliphatic rings.